The lowest BCUT2D eigenvalue weighted by Gasteiger charge is -2.45. The lowest BCUT2D eigenvalue weighted by molar-refractivity contribution is -0.128. The normalized spacial score (nSPS) is 20.0. The number of aryl methyl sites for hydroxylation is 1. The van der Waals surface area contributed by atoms with E-state index in [2.05, 4.69) is 42.3 Å². The molecule has 0 radical (unpaired) electrons. The van der Waals surface area contributed by atoms with E-state index in [-0.39, 0.29) is 23.8 Å². The minimum atomic E-state index is -0.362. The van der Waals surface area contributed by atoms with E-state index >= 15 is 4.39 Å². The highest BCUT2D eigenvalue weighted by Crippen LogP contribution is 2.40. The molecule has 0 bridgehead atoms. The molecule has 2 aliphatic rings. The van der Waals surface area contributed by atoms with Gasteiger partial charge in [-0.15, -0.1) is 0 Å². The number of amides is 1. The minimum absolute atomic E-state index is 0.0281. The van der Waals surface area contributed by atoms with E-state index in [1.807, 2.05) is 49.1 Å². The molecule has 40 heavy (non-hydrogen) atoms. The molecular weight excluding hydrogens is 507 g/mol. The number of carbonyl (C=O) groups excluding carboxylic acids is 1. The van der Waals surface area contributed by atoms with Gasteiger partial charge in [0.1, 0.15) is 16.9 Å². The highest BCUT2D eigenvalue weighted by atomic mass is 19.1. The van der Waals surface area contributed by atoms with Crippen molar-refractivity contribution in [2.75, 3.05) is 50.1 Å². The van der Waals surface area contributed by atoms with Crippen molar-refractivity contribution < 1.29 is 13.6 Å². The Kier molecular flexibility index (Phi) is 6.49. The number of piperazine rings is 1. The molecule has 0 saturated carbocycles. The van der Waals surface area contributed by atoms with E-state index < -0.39 is 0 Å². The third kappa shape index (κ3) is 4.20. The SMILES string of the molecule is C=CC(=O)N1C[C@H](C)N(c2nc(N3CC(N(C)C)C3)nc3c(F)c(-c4cccc5occc45)c(C)cc23)C[C@H]1C. The van der Waals surface area contributed by atoms with E-state index in [1.54, 1.807) is 6.26 Å². The first kappa shape index (κ1) is 26.3. The van der Waals surface area contributed by atoms with Crippen LogP contribution < -0.4 is 9.80 Å². The van der Waals surface area contributed by atoms with Crippen LogP contribution >= 0.6 is 0 Å². The van der Waals surface area contributed by atoms with E-state index in [1.165, 1.54) is 6.08 Å². The Morgan fingerprint density at radius 3 is 2.60 bits per heavy atom. The Hall–Kier alpha value is -3.98. The van der Waals surface area contributed by atoms with Crippen LogP contribution in [0.3, 0.4) is 0 Å². The smallest absolute Gasteiger partial charge is 0.246 e. The summed E-state index contributed by atoms with van der Waals surface area (Å²) in [6, 6.07) is 9.89. The molecule has 0 N–H and O–H groups in total. The summed E-state index contributed by atoms with van der Waals surface area (Å²) in [5, 5.41) is 1.54. The topological polar surface area (TPSA) is 69.0 Å². The first-order valence-corrected chi connectivity index (χ1v) is 13.8. The average molecular weight is 543 g/mol. The van der Waals surface area contributed by atoms with Crippen molar-refractivity contribution >= 4 is 39.5 Å². The quantitative estimate of drug-likeness (QED) is 0.334. The van der Waals surface area contributed by atoms with Crippen LogP contribution in [0.15, 0.2) is 53.7 Å². The number of fused-ring (bicyclic) bond motifs is 2. The van der Waals surface area contributed by atoms with Crippen LogP contribution in [0.4, 0.5) is 16.2 Å². The molecular formula is C31H35FN6O2. The first-order chi connectivity index (χ1) is 19.2. The molecule has 8 nitrogen and oxygen atoms in total. The van der Waals surface area contributed by atoms with Crippen LogP contribution in [-0.4, -0.2) is 84.1 Å². The Bertz CT molecular complexity index is 1630. The van der Waals surface area contributed by atoms with Gasteiger partial charge in [0, 0.05) is 60.6 Å². The van der Waals surface area contributed by atoms with Crippen molar-refractivity contribution in [1.82, 2.24) is 19.8 Å². The van der Waals surface area contributed by atoms with Crippen molar-refractivity contribution in [3.8, 4) is 11.1 Å². The van der Waals surface area contributed by atoms with Crippen molar-refractivity contribution in [2.24, 2.45) is 0 Å². The summed E-state index contributed by atoms with van der Waals surface area (Å²) in [6.07, 6.45) is 2.99. The first-order valence-electron chi connectivity index (χ1n) is 13.8. The van der Waals surface area contributed by atoms with Crippen molar-refractivity contribution in [2.45, 2.75) is 38.9 Å². The van der Waals surface area contributed by atoms with Gasteiger partial charge in [0.15, 0.2) is 5.82 Å². The van der Waals surface area contributed by atoms with Crippen LogP contribution in [0.1, 0.15) is 19.4 Å². The molecule has 6 rings (SSSR count). The number of halogens is 1. The molecule has 2 saturated heterocycles. The predicted molar refractivity (Wildman–Crippen MR) is 157 cm³/mol. The van der Waals surface area contributed by atoms with Gasteiger partial charge in [-0.2, -0.15) is 4.98 Å². The summed E-state index contributed by atoms with van der Waals surface area (Å²) in [4.78, 5) is 30.7. The third-order valence-corrected chi connectivity index (χ3v) is 8.45. The third-order valence-electron chi connectivity index (χ3n) is 8.45. The maximum absolute atomic E-state index is 16.7. The fourth-order valence-corrected chi connectivity index (χ4v) is 6.02. The van der Waals surface area contributed by atoms with Gasteiger partial charge in [0.25, 0.3) is 0 Å². The molecule has 0 aliphatic carbocycles. The van der Waals surface area contributed by atoms with Gasteiger partial charge in [-0.25, -0.2) is 9.37 Å². The number of hydrogen-bond acceptors (Lipinski definition) is 7. The van der Waals surface area contributed by atoms with Crippen molar-refractivity contribution in [1.29, 1.82) is 0 Å². The molecule has 2 aliphatic heterocycles. The van der Waals surface area contributed by atoms with E-state index in [0.717, 1.165) is 29.6 Å². The summed E-state index contributed by atoms with van der Waals surface area (Å²) >= 11 is 0. The van der Waals surface area contributed by atoms with Crippen LogP contribution in [-0.2, 0) is 4.79 Å². The molecule has 2 fully saturated rings. The minimum Gasteiger partial charge on any atom is -0.464 e. The number of anilines is 2. The van der Waals surface area contributed by atoms with E-state index in [0.29, 0.717) is 52.9 Å². The summed E-state index contributed by atoms with van der Waals surface area (Å²) in [6.45, 7) is 12.4. The maximum Gasteiger partial charge on any atom is 0.246 e. The zero-order chi connectivity index (χ0) is 28.3. The van der Waals surface area contributed by atoms with Gasteiger partial charge in [0.2, 0.25) is 11.9 Å². The molecule has 2 aromatic carbocycles. The summed E-state index contributed by atoms with van der Waals surface area (Å²) in [5.41, 5.74) is 3.12. The molecule has 2 aromatic heterocycles. The fourth-order valence-electron chi connectivity index (χ4n) is 6.02. The average Bonchev–Trinajstić information content (AvgIpc) is 3.38. The van der Waals surface area contributed by atoms with Gasteiger partial charge in [-0.1, -0.05) is 18.7 Å². The van der Waals surface area contributed by atoms with Crippen molar-refractivity contribution in [3.63, 3.8) is 0 Å². The summed E-state index contributed by atoms with van der Waals surface area (Å²) in [7, 11) is 4.12. The summed E-state index contributed by atoms with van der Waals surface area (Å²) in [5.74, 6) is 0.788. The molecule has 4 aromatic rings. The lowest BCUT2D eigenvalue weighted by atomic mass is 9.95. The Balaban J connectivity index is 1.52. The molecule has 0 spiro atoms. The van der Waals surface area contributed by atoms with Crippen LogP contribution in [0.2, 0.25) is 0 Å². The van der Waals surface area contributed by atoms with Crippen LogP contribution in [0, 0.1) is 12.7 Å². The van der Waals surface area contributed by atoms with Gasteiger partial charge >= 0.3 is 0 Å². The number of likely N-dealkylation sites (N-methyl/N-ethyl adjacent to an activating group) is 1. The number of furan rings is 1. The Labute approximate surface area is 233 Å². The molecule has 208 valence electrons. The zero-order valence-corrected chi connectivity index (χ0v) is 23.7. The summed E-state index contributed by atoms with van der Waals surface area (Å²) < 4.78 is 22.3. The van der Waals surface area contributed by atoms with Gasteiger partial charge in [-0.3, -0.25) is 4.79 Å². The van der Waals surface area contributed by atoms with Crippen LogP contribution in [0.25, 0.3) is 33.0 Å². The Morgan fingerprint density at radius 1 is 1.10 bits per heavy atom. The maximum atomic E-state index is 16.7. The second-order valence-corrected chi connectivity index (χ2v) is 11.3. The highest BCUT2D eigenvalue weighted by Gasteiger charge is 2.36. The van der Waals surface area contributed by atoms with Gasteiger partial charge < -0.3 is 24.0 Å². The second-order valence-electron chi connectivity index (χ2n) is 11.3. The standard InChI is InChI=1S/C31H35FN6O2/c1-7-26(39)37-14-20(4)38(15-19(37)3)30-24-13-18(2)27(23-9-8-10-25-22(23)11-12-40-25)28(32)29(24)33-31(34-30)36-16-21(17-36)35(5)6/h7-13,19-21H,1,14-17H2,2-6H3/t19-,20+/m1/s1. The molecule has 4 heterocycles. The Morgan fingerprint density at radius 2 is 1.88 bits per heavy atom. The number of hydrogen-bond donors (Lipinski definition) is 0. The molecule has 1 amide bonds. The number of rotatable bonds is 5. The van der Waals surface area contributed by atoms with Crippen molar-refractivity contribution in [3.05, 3.63) is 60.6 Å². The molecule has 2 atom stereocenters. The van der Waals surface area contributed by atoms with E-state index in [4.69, 9.17) is 14.4 Å². The molecule has 9 heteroatoms. The predicted octanol–water partition coefficient (Wildman–Crippen LogP) is 4.85. The number of aromatic nitrogens is 2. The highest BCUT2D eigenvalue weighted by molar-refractivity contribution is 6.00. The largest absolute Gasteiger partial charge is 0.464 e. The fraction of sp³-hybridized carbons (Fsp3) is 0.387. The number of nitrogens with zero attached hydrogens (tertiary/aromatic N) is 6. The lowest BCUT2D eigenvalue weighted by Crippen LogP contribution is -2.59. The van der Waals surface area contributed by atoms with Gasteiger partial charge in [-0.05, 0) is 70.3 Å². The van der Waals surface area contributed by atoms with Crippen LogP contribution in [0.5, 0.6) is 0 Å². The molecule has 0 unspecified atom stereocenters. The van der Waals surface area contributed by atoms with E-state index in [9.17, 15) is 4.79 Å². The monoisotopic (exact) mass is 542 g/mol. The number of benzene rings is 2. The number of carbonyl (C=O) groups is 1. The van der Waals surface area contributed by atoms with Gasteiger partial charge in [0.05, 0.1) is 6.26 Å². The second kappa shape index (κ2) is 9.89. The zero-order valence-electron chi connectivity index (χ0n) is 23.7.